The maximum Gasteiger partial charge on any atom is 0.169 e. The number of fused-ring (bicyclic) bond motifs is 1. The molecule has 0 saturated heterocycles. The molecular formula is C20H18N6S. The van der Waals surface area contributed by atoms with Gasteiger partial charge in [-0.25, -0.2) is 10.8 Å². The van der Waals surface area contributed by atoms with Gasteiger partial charge in [-0.3, -0.25) is 15.0 Å². The molecule has 1 aromatic carbocycles. The van der Waals surface area contributed by atoms with Crippen molar-refractivity contribution in [3.63, 3.8) is 0 Å². The predicted molar refractivity (Wildman–Crippen MR) is 113 cm³/mol. The van der Waals surface area contributed by atoms with E-state index in [4.69, 9.17) is 16.6 Å². The van der Waals surface area contributed by atoms with Crippen LogP contribution >= 0.6 is 11.3 Å². The Labute approximate surface area is 160 Å². The van der Waals surface area contributed by atoms with Gasteiger partial charge in [0.1, 0.15) is 5.69 Å². The number of rotatable bonds is 5. The Hall–Kier alpha value is -3.29. The zero-order chi connectivity index (χ0) is 18.8. The van der Waals surface area contributed by atoms with Crippen LogP contribution in [0.5, 0.6) is 0 Å². The fourth-order valence-electron chi connectivity index (χ4n) is 2.90. The zero-order valence-corrected chi connectivity index (χ0v) is 15.4. The van der Waals surface area contributed by atoms with Crippen LogP contribution in [0.2, 0.25) is 0 Å². The Morgan fingerprint density at radius 1 is 1.11 bits per heavy atom. The number of aromatic nitrogens is 2. The number of nitrogens with two attached hydrogens (primary N) is 2. The lowest BCUT2D eigenvalue weighted by molar-refractivity contribution is 0.835. The fraction of sp³-hybridized carbons (Fsp3) is 0.0500. The highest BCUT2D eigenvalue weighted by atomic mass is 32.1. The summed E-state index contributed by atoms with van der Waals surface area (Å²) in [7, 11) is 0. The van der Waals surface area contributed by atoms with Crippen molar-refractivity contribution >= 4 is 45.5 Å². The van der Waals surface area contributed by atoms with Crippen LogP contribution in [-0.2, 0) is 6.54 Å². The summed E-state index contributed by atoms with van der Waals surface area (Å²) in [5.41, 5.74) is 9.28. The molecule has 4 rings (SSSR count). The number of pyridine rings is 2. The van der Waals surface area contributed by atoms with Gasteiger partial charge in [-0.05, 0) is 54.7 Å². The maximum absolute atomic E-state index is 6.35. The average molecular weight is 374 g/mol. The Bertz CT molecular complexity index is 1120. The normalized spacial score (nSPS) is 10.9. The van der Waals surface area contributed by atoms with Crippen LogP contribution in [0.4, 0.5) is 16.5 Å². The minimum Gasteiger partial charge on any atom is -0.391 e. The van der Waals surface area contributed by atoms with E-state index in [1.807, 2.05) is 48.5 Å². The Morgan fingerprint density at radius 3 is 2.78 bits per heavy atom. The lowest BCUT2D eigenvalue weighted by atomic mass is 10.1. The Kier molecular flexibility index (Phi) is 4.53. The van der Waals surface area contributed by atoms with Crippen molar-refractivity contribution in [3.8, 4) is 10.6 Å². The summed E-state index contributed by atoms with van der Waals surface area (Å²) in [6, 6.07) is 17.6. The van der Waals surface area contributed by atoms with E-state index in [9.17, 15) is 0 Å². The second kappa shape index (κ2) is 7.14. The Morgan fingerprint density at radius 2 is 2.00 bits per heavy atom. The molecule has 0 atom stereocenters. The van der Waals surface area contributed by atoms with E-state index in [0.717, 1.165) is 32.0 Å². The van der Waals surface area contributed by atoms with E-state index >= 15 is 0 Å². The van der Waals surface area contributed by atoms with Crippen LogP contribution < -0.4 is 16.6 Å². The van der Waals surface area contributed by atoms with E-state index in [1.165, 1.54) is 11.3 Å². The minimum atomic E-state index is 0.483. The number of hydrazine groups is 1. The smallest absolute Gasteiger partial charge is 0.169 e. The molecule has 0 aliphatic rings. The minimum absolute atomic E-state index is 0.483. The molecule has 0 aliphatic carbocycles. The summed E-state index contributed by atoms with van der Waals surface area (Å²) in [6.45, 7) is 4.11. The van der Waals surface area contributed by atoms with Crippen molar-refractivity contribution in [2.75, 3.05) is 10.7 Å². The molecule has 4 aromatic rings. The number of hydrogen-bond donors (Lipinski definition) is 2. The van der Waals surface area contributed by atoms with Crippen molar-refractivity contribution < 1.29 is 0 Å². The second-order valence-corrected chi connectivity index (χ2v) is 7.17. The van der Waals surface area contributed by atoms with Gasteiger partial charge in [0.2, 0.25) is 0 Å². The van der Waals surface area contributed by atoms with Gasteiger partial charge in [0, 0.05) is 11.6 Å². The summed E-state index contributed by atoms with van der Waals surface area (Å²) in [5, 5.41) is 3.40. The summed E-state index contributed by atoms with van der Waals surface area (Å²) in [4.78, 5) is 14.1. The van der Waals surface area contributed by atoms with E-state index in [1.54, 1.807) is 11.2 Å². The molecule has 134 valence electrons. The van der Waals surface area contributed by atoms with Gasteiger partial charge < -0.3 is 5.73 Å². The van der Waals surface area contributed by atoms with Crippen molar-refractivity contribution in [2.24, 2.45) is 10.8 Å². The lowest BCUT2D eigenvalue weighted by Gasteiger charge is -2.20. The second-order valence-electron chi connectivity index (χ2n) is 6.06. The summed E-state index contributed by atoms with van der Waals surface area (Å²) in [6.07, 6.45) is 1.78. The molecular weight excluding hydrogens is 356 g/mol. The highest BCUT2D eigenvalue weighted by Crippen LogP contribution is 2.33. The SMILES string of the molecule is C=Nc1ccc(-c2ccc(N)s2)nc1N(N)Cc1ccc2ncccc2c1. The van der Waals surface area contributed by atoms with Crippen molar-refractivity contribution in [1.82, 2.24) is 9.97 Å². The fourth-order valence-corrected chi connectivity index (χ4v) is 3.64. The molecule has 3 heterocycles. The zero-order valence-electron chi connectivity index (χ0n) is 14.5. The number of hydrogen-bond acceptors (Lipinski definition) is 7. The topological polar surface area (TPSA) is 93.4 Å². The Balaban J connectivity index is 1.66. The maximum atomic E-state index is 6.35. The van der Waals surface area contributed by atoms with Crippen molar-refractivity contribution in [1.29, 1.82) is 0 Å². The van der Waals surface area contributed by atoms with Crippen LogP contribution in [-0.4, -0.2) is 16.7 Å². The number of nitrogen functional groups attached to an aromatic ring is 1. The standard InChI is InChI=1S/C20H18N6S/c1-23-17-7-6-16(18-8-9-19(21)27-18)25-20(17)26(22)12-13-4-5-15-14(11-13)3-2-10-24-15/h2-11H,1,12,21-22H2. The predicted octanol–water partition coefficient (Wildman–Crippen LogP) is 4.15. The van der Waals surface area contributed by atoms with Crippen LogP contribution in [0.1, 0.15) is 5.56 Å². The van der Waals surface area contributed by atoms with E-state index in [2.05, 4.69) is 22.8 Å². The van der Waals surface area contributed by atoms with Crippen LogP contribution in [0, 0.1) is 0 Å². The third kappa shape index (κ3) is 3.51. The van der Waals surface area contributed by atoms with Gasteiger partial charge in [0.25, 0.3) is 0 Å². The molecule has 0 radical (unpaired) electrons. The quantitative estimate of drug-likeness (QED) is 0.311. The molecule has 0 saturated carbocycles. The number of aliphatic imine (C=N–C) groups is 1. The highest BCUT2D eigenvalue weighted by Gasteiger charge is 2.13. The number of anilines is 2. The monoisotopic (exact) mass is 374 g/mol. The molecule has 27 heavy (non-hydrogen) atoms. The van der Waals surface area contributed by atoms with Gasteiger partial charge in [-0.1, -0.05) is 12.1 Å². The van der Waals surface area contributed by atoms with Gasteiger partial charge in [-0.15, -0.1) is 11.3 Å². The first-order valence-electron chi connectivity index (χ1n) is 8.33. The van der Waals surface area contributed by atoms with E-state index in [-0.39, 0.29) is 0 Å². The number of nitrogens with zero attached hydrogens (tertiary/aromatic N) is 4. The van der Waals surface area contributed by atoms with Crippen molar-refractivity contribution in [3.05, 3.63) is 66.4 Å². The first kappa shape index (κ1) is 17.1. The van der Waals surface area contributed by atoms with E-state index < -0.39 is 0 Å². The summed E-state index contributed by atoms with van der Waals surface area (Å²) < 4.78 is 0. The lowest BCUT2D eigenvalue weighted by Crippen LogP contribution is -2.31. The summed E-state index contributed by atoms with van der Waals surface area (Å²) >= 11 is 1.48. The summed E-state index contributed by atoms with van der Waals surface area (Å²) in [5.74, 6) is 6.92. The molecule has 6 nitrogen and oxygen atoms in total. The molecule has 0 fully saturated rings. The molecule has 7 heteroatoms. The number of thiophene rings is 1. The van der Waals surface area contributed by atoms with Gasteiger partial charge in [0.05, 0.1) is 27.6 Å². The number of benzene rings is 1. The van der Waals surface area contributed by atoms with Crippen LogP contribution in [0.15, 0.2) is 65.8 Å². The molecule has 0 bridgehead atoms. The van der Waals surface area contributed by atoms with Crippen LogP contribution in [0.25, 0.3) is 21.5 Å². The molecule has 0 spiro atoms. The van der Waals surface area contributed by atoms with Gasteiger partial charge >= 0.3 is 0 Å². The highest BCUT2D eigenvalue weighted by molar-refractivity contribution is 7.19. The molecule has 4 N–H and O–H groups in total. The molecule has 0 amide bonds. The largest absolute Gasteiger partial charge is 0.391 e. The van der Waals surface area contributed by atoms with Gasteiger partial charge in [-0.2, -0.15) is 0 Å². The first-order chi connectivity index (χ1) is 13.1. The van der Waals surface area contributed by atoms with Gasteiger partial charge in [0.15, 0.2) is 5.82 Å². The first-order valence-corrected chi connectivity index (χ1v) is 9.15. The third-order valence-corrected chi connectivity index (χ3v) is 5.13. The van der Waals surface area contributed by atoms with Crippen LogP contribution in [0.3, 0.4) is 0 Å². The van der Waals surface area contributed by atoms with Crippen molar-refractivity contribution in [2.45, 2.75) is 6.54 Å². The third-order valence-electron chi connectivity index (χ3n) is 4.20. The molecule has 0 unspecified atom stereocenters. The molecule has 3 aromatic heterocycles. The molecule has 0 aliphatic heterocycles. The van der Waals surface area contributed by atoms with E-state index in [0.29, 0.717) is 18.1 Å². The average Bonchev–Trinajstić information content (AvgIpc) is 3.13.